The van der Waals surface area contributed by atoms with Gasteiger partial charge in [-0.15, -0.1) is 0 Å². The van der Waals surface area contributed by atoms with E-state index in [1.807, 2.05) is 0 Å². The molecule has 0 amide bonds. The fourth-order valence-electron chi connectivity index (χ4n) is 3.02. The summed E-state index contributed by atoms with van der Waals surface area (Å²) in [6.07, 6.45) is 2.20. The molecule has 1 heterocycles. The van der Waals surface area contributed by atoms with E-state index in [1.165, 1.54) is 16.8 Å². The van der Waals surface area contributed by atoms with Crippen LogP contribution >= 0.6 is 0 Å². The number of hydrogen-bond acceptors (Lipinski definition) is 2. The molecule has 2 heteroatoms. The van der Waals surface area contributed by atoms with Crippen molar-refractivity contribution in [3.63, 3.8) is 0 Å². The fourth-order valence-corrected chi connectivity index (χ4v) is 3.02. The minimum Gasteiger partial charge on any atom is -0.298 e. The van der Waals surface area contributed by atoms with Crippen LogP contribution in [0.25, 0.3) is 0 Å². The SMILES string of the molecule is C[C@@H](N=C1CCN(Cc2ccccc2)CC1)c1ccccc1. The van der Waals surface area contributed by atoms with Crippen LogP contribution in [0, 0.1) is 0 Å². The van der Waals surface area contributed by atoms with Gasteiger partial charge in [0.1, 0.15) is 0 Å². The molecular weight excluding hydrogens is 268 g/mol. The summed E-state index contributed by atoms with van der Waals surface area (Å²) in [5.41, 5.74) is 4.09. The molecule has 1 fully saturated rings. The molecule has 2 aromatic carbocycles. The molecule has 0 radical (unpaired) electrons. The first-order valence-corrected chi connectivity index (χ1v) is 8.18. The van der Waals surface area contributed by atoms with Crippen LogP contribution in [0.15, 0.2) is 65.7 Å². The predicted molar refractivity (Wildman–Crippen MR) is 93.2 cm³/mol. The Morgan fingerprint density at radius 2 is 1.50 bits per heavy atom. The molecule has 1 saturated heterocycles. The summed E-state index contributed by atoms with van der Waals surface area (Å²) in [7, 11) is 0. The van der Waals surface area contributed by atoms with Gasteiger partial charge in [0, 0.05) is 25.3 Å². The number of benzene rings is 2. The van der Waals surface area contributed by atoms with E-state index in [1.54, 1.807) is 0 Å². The molecule has 0 saturated carbocycles. The lowest BCUT2D eigenvalue weighted by molar-refractivity contribution is 0.266. The van der Waals surface area contributed by atoms with Crippen molar-refractivity contribution in [3.05, 3.63) is 71.8 Å². The Balaban J connectivity index is 1.54. The second kappa shape index (κ2) is 7.37. The smallest absolute Gasteiger partial charge is 0.0720 e. The van der Waals surface area contributed by atoms with Crippen molar-refractivity contribution in [1.29, 1.82) is 0 Å². The monoisotopic (exact) mass is 292 g/mol. The molecule has 3 rings (SSSR count). The highest BCUT2D eigenvalue weighted by atomic mass is 15.1. The number of nitrogens with zero attached hydrogens (tertiary/aromatic N) is 2. The van der Waals surface area contributed by atoms with Crippen molar-refractivity contribution in [2.75, 3.05) is 13.1 Å². The van der Waals surface area contributed by atoms with E-state index in [9.17, 15) is 0 Å². The zero-order valence-corrected chi connectivity index (χ0v) is 13.3. The van der Waals surface area contributed by atoms with Crippen LogP contribution in [0.2, 0.25) is 0 Å². The Hall–Kier alpha value is -1.93. The molecule has 1 atom stereocenters. The van der Waals surface area contributed by atoms with Crippen LogP contribution in [0.1, 0.15) is 36.9 Å². The first kappa shape index (κ1) is 15.0. The molecule has 0 bridgehead atoms. The molecule has 0 aromatic heterocycles. The summed E-state index contributed by atoms with van der Waals surface area (Å²) in [5, 5.41) is 0. The van der Waals surface area contributed by atoms with Gasteiger partial charge >= 0.3 is 0 Å². The van der Waals surface area contributed by atoms with Gasteiger partial charge in [0.05, 0.1) is 6.04 Å². The average Bonchev–Trinajstić information content (AvgIpc) is 2.58. The van der Waals surface area contributed by atoms with E-state index >= 15 is 0 Å². The highest BCUT2D eigenvalue weighted by Crippen LogP contribution is 2.19. The highest BCUT2D eigenvalue weighted by Gasteiger charge is 2.16. The van der Waals surface area contributed by atoms with Gasteiger partial charge in [-0.25, -0.2) is 0 Å². The molecule has 22 heavy (non-hydrogen) atoms. The third-order valence-corrected chi connectivity index (χ3v) is 4.34. The zero-order valence-electron chi connectivity index (χ0n) is 13.3. The van der Waals surface area contributed by atoms with Gasteiger partial charge in [-0.3, -0.25) is 9.89 Å². The summed E-state index contributed by atoms with van der Waals surface area (Å²) < 4.78 is 0. The van der Waals surface area contributed by atoms with Crippen molar-refractivity contribution in [2.24, 2.45) is 4.99 Å². The molecule has 0 N–H and O–H groups in total. The Kier molecular flexibility index (Phi) is 5.02. The second-order valence-corrected chi connectivity index (χ2v) is 6.04. The number of aliphatic imine (C=N–C) groups is 1. The number of piperidine rings is 1. The van der Waals surface area contributed by atoms with Gasteiger partial charge in [0.15, 0.2) is 0 Å². The van der Waals surface area contributed by atoms with Gasteiger partial charge in [0.2, 0.25) is 0 Å². The minimum atomic E-state index is 0.275. The topological polar surface area (TPSA) is 15.6 Å². The third-order valence-electron chi connectivity index (χ3n) is 4.34. The second-order valence-electron chi connectivity index (χ2n) is 6.04. The fraction of sp³-hybridized carbons (Fsp3) is 0.350. The molecule has 0 spiro atoms. The first-order chi connectivity index (χ1) is 10.8. The summed E-state index contributed by atoms with van der Waals surface area (Å²) in [4.78, 5) is 7.47. The van der Waals surface area contributed by atoms with E-state index in [4.69, 9.17) is 4.99 Å². The third kappa shape index (κ3) is 4.05. The van der Waals surface area contributed by atoms with Crippen LogP contribution in [0.4, 0.5) is 0 Å². The Morgan fingerprint density at radius 3 is 2.14 bits per heavy atom. The van der Waals surface area contributed by atoms with E-state index in [2.05, 4.69) is 72.5 Å². The quantitative estimate of drug-likeness (QED) is 0.811. The van der Waals surface area contributed by atoms with Crippen LogP contribution in [0.3, 0.4) is 0 Å². The maximum absolute atomic E-state index is 4.94. The first-order valence-electron chi connectivity index (χ1n) is 8.18. The summed E-state index contributed by atoms with van der Waals surface area (Å²) in [6, 6.07) is 21.6. The van der Waals surface area contributed by atoms with Crippen molar-refractivity contribution in [2.45, 2.75) is 32.4 Å². The van der Waals surface area contributed by atoms with E-state index < -0.39 is 0 Å². The largest absolute Gasteiger partial charge is 0.298 e. The van der Waals surface area contributed by atoms with Crippen molar-refractivity contribution in [1.82, 2.24) is 4.90 Å². The maximum atomic E-state index is 4.94. The lowest BCUT2D eigenvalue weighted by Gasteiger charge is -2.28. The van der Waals surface area contributed by atoms with Crippen LogP contribution in [0.5, 0.6) is 0 Å². The normalized spacial score (nSPS) is 17.2. The van der Waals surface area contributed by atoms with Crippen LogP contribution in [-0.2, 0) is 6.54 Å². The summed E-state index contributed by atoms with van der Waals surface area (Å²) in [5.74, 6) is 0. The van der Waals surface area contributed by atoms with Crippen LogP contribution < -0.4 is 0 Å². The van der Waals surface area contributed by atoms with Crippen molar-refractivity contribution < 1.29 is 0 Å². The molecule has 1 aliphatic heterocycles. The van der Waals surface area contributed by atoms with Crippen LogP contribution in [-0.4, -0.2) is 23.7 Å². The van der Waals surface area contributed by atoms with Gasteiger partial charge in [0.25, 0.3) is 0 Å². The number of rotatable bonds is 4. The predicted octanol–water partition coefficient (Wildman–Crippen LogP) is 4.48. The van der Waals surface area contributed by atoms with Gasteiger partial charge in [-0.2, -0.15) is 0 Å². The van der Waals surface area contributed by atoms with Gasteiger partial charge in [-0.1, -0.05) is 60.7 Å². The van der Waals surface area contributed by atoms with E-state index in [0.717, 1.165) is 32.5 Å². The Labute approximate surface area is 133 Å². The standard InChI is InChI=1S/C20H24N2/c1-17(19-10-6-3-7-11-19)21-20-12-14-22(15-13-20)16-18-8-4-2-5-9-18/h2-11,17H,12-16H2,1H3/t17-/m1/s1. The van der Waals surface area contributed by atoms with Crippen molar-refractivity contribution in [3.8, 4) is 0 Å². The molecule has 0 unspecified atom stereocenters. The van der Waals surface area contributed by atoms with Gasteiger partial charge < -0.3 is 0 Å². The molecule has 2 aromatic rings. The van der Waals surface area contributed by atoms with Gasteiger partial charge in [-0.05, 0) is 30.9 Å². The molecule has 0 aliphatic carbocycles. The number of likely N-dealkylation sites (tertiary alicyclic amines) is 1. The maximum Gasteiger partial charge on any atom is 0.0720 e. The molecule has 2 nitrogen and oxygen atoms in total. The molecular formula is C20H24N2. The lowest BCUT2D eigenvalue weighted by Crippen LogP contribution is -2.33. The number of hydrogen-bond donors (Lipinski definition) is 0. The minimum absolute atomic E-state index is 0.275. The van der Waals surface area contributed by atoms with E-state index in [-0.39, 0.29) is 6.04 Å². The Bertz CT molecular complexity index is 594. The summed E-state index contributed by atoms with van der Waals surface area (Å²) in [6.45, 7) is 5.49. The Morgan fingerprint density at radius 1 is 0.909 bits per heavy atom. The average molecular weight is 292 g/mol. The van der Waals surface area contributed by atoms with E-state index in [0.29, 0.717) is 0 Å². The molecule has 114 valence electrons. The zero-order chi connectivity index (χ0) is 15.2. The van der Waals surface area contributed by atoms with Crippen molar-refractivity contribution >= 4 is 5.71 Å². The summed E-state index contributed by atoms with van der Waals surface area (Å²) >= 11 is 0. The highest BCUT2D eigenvalue weighted by molar-refractivity contribution is 5.85. The lowest BCUT2D eigenvalue weighted by atomic mass is 10.1. The molecule has 1 aliphatic rings.